The molecule has 1 aliphatic heterocycles. The van der Waals surface area contributed by atoms with E-state index in [2.05, 4.69) is 26.1 Å². The second-order valence-electron chi connectivity index (χ2n) is 7.52. The van der Waals surface area contributed by atoms with Crippen molar-refractivity contribution in [2.45, 2.75) is 38.5 Å². The number of methoxy groups -OCH3 is 2. The number of benzene rings is 1. The van der Waals surface area contributed by atoms with Gasteiger partial charge in [0.15, 0.2) is 11.5 Å². The number of nitrogens with one attached hydrogen (secondary N) is 1. The first-order valence-corrected chi connectivity index (χ1v) is 8.83. The third kappa shape index (κ3) is 3.03. The smallest absolute Gasteiger partial charge is 0.226 e. The number of ether oxygens (including phenoxy) is 2. The molecule has 2 heterocycles. The van der Waals surface area contributed by atoms with Crippen molar-refractivity contribution < 1.29 is 14.3 Å². The zero-order chi connectivity index (χ0) is 19.2. The number of amides is 1. The summed E-state index contributed by atoms with van der Waals surface area (Å²) in [6, 6.07) is 3.55. The van der Waals surface area contributed by atoms with Crippen LogP contribution in [0.3, 0.4) is 0 Å². The summed E-state index contributed by atoms with van der Waals surface area (Å²) < 4.78 is 12.8. The third-order valence-corrected chi connectivity index (χ3v) is 4.86. The highest BCUT2D eigenvalue weighted by Crippen LogP contribution is 2.48. The van der Waals surface area contributed by atoms with Gasteiger partial charge in [0.2, 0.25) is 5.91 Å². The molecule has 0 aliphatic carbocycles. The van der Waals surface area contributed by atoms with Gasteiger partial charge in [-0.1, -0.05) is 32.4 Å². The standard InChI is InChI=1S/C19H24ClN3O3/c1-19(2,3)17-15-11(9-14(24)21-18(15)23(4)22-17)12-7-10(20)8-13(25-5)16(12)26-6/h7-8,11H,9H2,1-6H3,(H,21,24). The average molecular weight is 378 g/mol. The van der Waals surface area contributed by atoms with Crippen LogP contribution >= 0.6 is 11.6 Å². The lowest BCUT2D eigenvalue weighted by atomic mass is 9.79. The molecule has 1 aliphatic rings. The summed E-state index contributed by atoms with van der Waals surface area (Å²) in [5, 5.41) is 8.18. The minimum atomic E-state index is -0.218. The van der Waals surface area contributed by atoms with E-state index in [1.807, 2.05) is 13.1 Å². The number of aryl methyl sites for hydroxylation is 1. The van der Waals surface area contributed by atoms with Crippen LogP contribution in [0.1, 0.15) is 49.9 Å². The van der Waals surface area contributed by atoms with E-state index in [9.17, 15) is 4.79 Å². The summed E-state index contributed by atoms with van der Waals surface area (Å²) in [6.07, 6.45) is 0.293. The van der Waals surface area contributed by atoms with Crippen LogP contribution in [0.25, 0.3) is 0 Å². The Morgan fingerprint density at radius 2 is 1.96 bits per heavy atom. The number of halogens is 1. The third-order valence-electron chi connectivity index (χ3n) is 4.64. The van der Waals surface area contributed by atoms with Gasteiger partial charge in [0, 0.05) is 47.0 Å². The normalized spacial score (nSPS) is 16.9. The molecule has 1 unspecified atom stereocenters. The van der Waals surface area contributed by atoms with Gasteiger partial charge in [-0.3, -0.25) is 9.48 Å². The van der Waals surface area contributed by atoms with Crippen LogP contribution in [0, 0.1) is 0 Å². The summed E-state index contributed by atoms with van der Waals surface area (Å²) in [5.41, 5.74) is 2.59. The SMILES string of the molecule is COc1cc(Cl)cc(C2CC(=O)Nc3c2c(C(C)(C)C)nn3C)c1OC. The summed E-state index contributed by atoms with van der Waals surface area (Å²) in [7, 11) is 5.00. The van der Waals surface area contributed by atoms with Gasteiger partial charge in [-0.05, 0) is 6.07 Å². The largest absolute Gasteiger partial charge is 0.493 e. The van der Waals surface area contributed by atoms with Crippen LogP contribution in [-0.4, -0.2) is 29.9 Å². The van der Waals surface area contributed by atoms with Crippen molar-refractivity contribution in [3.63, 3.8) is 0 Å². The zero-order valence-corrected chi connectivity index (χ0v) is 16.7. The van der Waals surface area contributed by atoms with Gasteiger partial charge in [0.1, 0.15) is 5.82 Å². The highest BCUT2D eigenvalue weighted by molar-refractivity contribution is 6.30. The summed E-state index contributed by atoms with van der Waals surface area (Å²) in [5.74, 6) is 1.57. The van der Waals surface area contributed by atoms with Gasteiger partial charge in [-0.2, -0.15) is 5.10 Å². The van der Waals surface area contributed by atoms with Crippen molar-refractivity contribution in [2.24, 2.45) is 7.05 Å². The molecule has 0 spiro atoms. The minimum Gasteiger partial charge on any atom is -0.493 e. The molecule has 26 heavy (non-hydrogen) atoms. The van der Waals surface area contributed by atoms with Crippen molar-refractivity contribution in [1.82, 2.24) is 9.78 Å². The van der Waals surface area contributed by atoms with Gasteiger partial charge in [-0.15, -0.1) is 0 Å². The van der Waals surface area contributed by atoms with Crippen molar-refractivity contribution in [3.05, 3.63) is 34.0 Å². The molecule has 1 amide bonds. The van der Waals surface area contributed by atoms with Crippen molar-refractivity contribution >= 4 is 23.3 Å². The van der Waals surface area contributed by atoms with Gasteiger partial charge in [0.25, 0.3) is 0 Å². The van der Waals surface area contributed by atoms with Crippen LogP contribution in [-0.2, 0) is 17.3 Å². The predicted molar refractivity (Wildman–Crippen MR) is 102 cm³/mol. The lowest BCUT2D eigenvalue weighted by Gasteiger charge is -2.28. The maximum atomic E-state index is 12.4. The Labute approximate surface area is 158 Å². The summed E-state index contributed by atoms with van der Waals surface area (Å²) in [4.78, 5) is 12.4. The first kappa shape index (κ1) is 18.6. The highest BCUT2D eigenvalue weighted by atomic mass is 35.5. The molecule has 1 aromatic heterocycles. The number of hydrogen-bond acceptors (Lipinski definition) is 4. The second-order valence-corrected chi connectivity index (χ2v) is 7.96. The van der Waals surface area contributed by atoms with Gasteiger partial charge in [0.05, 0.1) is 19.9 Å². The van der Waals surface area contributed by atoms with E-state index in [1.54, 1.807) is 25.0 Å². The van der Waals surface area contributed by atoms with Crippen LogP contribution in [0.2, 0.25) is 5.02 Å². The quantitative estimate of drug-likeness (QED) is 0.882. The monoisotopic (exact) mass is 377 g/mol. The van der Waals surface area contributed by atoms with E-state index in [0.717, 1.165) is 22.6 Å². The zero-order valence-electron chi connectivity index (χ0n) is 15.9. The van der Waals surface area contributed by atoms with Gasteiger partial charge < -0.3 is 14.8 Å². The molecule has 6 nitrogen and oxygen atoms in total. The molecule has 3 rings (SSSR count). The average Bonchev–Trinajstić information content (AvgIpc) is 2.90. The molecular formula is C19H24ClN3O3. The van der Waals surface area contributed by atoms with Crippen LogP contribution < -0.4 is 14.8 Å². The van der Waals surface area contributed by atoms with Crippen molar-refractivity contribution in [1.29, 1.82) is 0 Å². The van der Waals surface area contributed by atoms with E-state index in [4.69, 9.17) is 26.2 Å². The fourth-order valence-corrected chi connectivity index (χ4v) is 3.74. The summed E-state index contributed by atoms with van der Waals surface area (Å²) >= 11 is 6.32. The Balaban J connectivity index is 2.30. The van der Waals surface area contributed by atoms with Crippen molar-refractivity contribution in [3.8, 4) is 11.5 Å². The maximum Gasteiger partial charge on any atom is 0.226 e. The van der Waals surface area contributed by atoms with Gasteiger partial charge >= 0.3 is 0 Å². The second kappa shape index (κ2) is 6.50. The van der Waals surface area contributed by atoms with Crippen LogP contribution in [0.15, 0.2) is 12.1 Å². The minimum absolute atomic E-state index is 0.0630. The lowest BCUT2D eigenvalue weighted by molar-refractivity contribution is -0.116. The van der Waals surface area contributed by atoms with E-state index < -0.39 is 0 Å². The first-order chi connectivity index (χ1) is 12.2. The van der Waals surface area contributed by atoms with Gasteiger partial charge in [-0.25, -0.2) is 0 Å². The first-order valence-electron chi connectivity index (χ1n) is 8.46. The van der Waals surface area contributed by atoms with Crippen LogP contribution in [0.4, 0.5) is 5.82 Å². The Bertz CT molecular complexity index is 868. The number of carbonyl (C=O) groups excluding carboxylic acids is 1. The molecule has 140 valence electrons. The Morgan fingerprint density at radius 3 is 2.54 bits per heavy atom. The summed E-state index contributed by atoms with van der Waals surface area (Å²) in [6.45, 7) is 6.33. The molecule has 0 bridgehead atoms. The Kier molecular flexibility index (Phi) is 4.65. The number of carbonyl (C=O) groups is 1. The fraction of sp³-hybridized carbons (Fsp3) is 0.474. The fourth-order valence-electron chi connectivity index (χ4n) is 3.53. The number of anilines is 1. The molecule has 1 atom stereocenters. The molecule has 1 N–H and O–H groups in total. The number of rotatable bonds is 3. The highest BCUT2D eigenvalue weighted by Gasteiger charge is 2.38. The number of fused-ring (bicyclic) bond motifs is 1. The molecule has 1 aromatic carbocycles. The maximum absolute atomic E-state index is 12.4. The van der Waals surface area contributed by atoms with E-state index in [0.29, 0.717) is 22.9 Å². The lowest BCUT2D eigenvalue weighted by Crippen LogP contribution is -2.26. The van der Waals surface area contributed by atoms with E-state index in [-0.39, 0.29) is 17.2 Å². The van der Waals surface area contributed by atoms with E-state index in [1.165, 1.54) is 0 Å². The van der Waals surface area contributed by atoms with Crippen molar-refractivity contribution in [2.75, 3.05) is 19.5 Å². The molecule has 2 aromatic rings. The number of nitrogens with zero attached hydrogens (tertiary/aromatic N) is 2. The Morgan fingerprint density at radius 1 is 1.27 bits per heavy atom. The number of aromatic nitrogens is 2. The topological polar surface area (TPSA) is 65.4 Å². The molecule has 7 heteroatoms. The van der Waals surface area contributed by atoms with E-state index >= 15 is 0 Å². The molecule has 0 radical (unpaired) electrons. The predicted octanol–water partition coefficient (Wildman–Crippen LogP) is 3.86. The number of hydrogen-bond donors (Lipinski definition) is 1. The van der Waals surface area contributed by atoms with Crippen LogP contribution in [0.5, 0.6) is 11.5 Å². The molecule has 0 fully saturated rings. The molecular weight excluding hydrogens is 354 g/mol. The Hall–Kier alpha value is -2.21. The molecule has 0 saturated carbocycles. The molecule has 0 saturated heterocycles.